The lowest BCUT2D eigenvalue weighted by molar-refractivity contribution is 1.11. The first-order valence-electron chi connectivity index (χ1n) is 4.19. The lowest BCUT2D eigenvalue weighted by Crippen LogP contribution is -1.81. The van der Waals surface area contributed by atoms with Crippen LogP contribution in [0.15, 0.2) is 18.2 Å². The highest BCUT2D eigenvalue weighted by molar-refractivity contribution is 7.15. The zero-order valence-electron chi connectivity index (χ0n) is 7.37. The van der Waals surface area contributed by atoms with E-state index in [1.165, 1.54) is 9.75 Å². The van der Waals surface area contributed by atoms with Crippen LogP contribution in [0.3, 0.4) is 0 Å². The highest BCUT2D eigenvalue weighted by Gasteiger charge is 2.03. The normalized spacial score (nSPS) is 10.5. The van der Waals surface area contributed by atoms with E-state index in [0.29, 0.717) is 5.82 Å². The molecule has 0 aliphatic heterocycles. The summed E-state index contributed by atoms with van der Waals surface area (Å²) in [5.41, 5.74) is 6.52. The van der Waals surface area contributed by atoms with Gasteiger partial charge < -0.3 is 5.73 Å². The standard InChI is InChI=1S/C9H11N3S/c1-2-6-3-4-8(13-6)7-5-9(10)12-11-7/h3-5H,2H2,1H3,(H3,10,11,12). The number of thiophene rings is 1. The molecule has 68 valence electrons. The molecule has 0 atom stereocenters. The van der Waals surface area contributed by atoms with Gasteiger partial charge in [-0.2, -0.15) is 5.10 Å². The van der Waals surface area contributed by atoms with Gasteiger partial charge in [-0.05, 0) is 18.6 Å². The van der Waals surface area contributed by atoms with Gasteiger partial charge in [-0.1, -0.05) is 6.92 Å². The second-order valence-electron chi connectivity index (χ2n) is 2.83. The van der Waals surface area contributed by atoms with Gasteiger partial charge in [0.1, 0.15) is 5.82 Å². The second-order valence-corrected chi connectivity index (χ2v) is 3.99. The third-order valence-electron chi connectivity index (χ3n) is 1.87. The van der Waals surface area contributed by atoms with Gasteiger partial charge in [0, 0.05) is 10.9 Å². The predicted octanol–water partition coefficient (Wildman–Crippen LogP) is 2.28. The van der Waals surface area contributed by atoms with Crippen molar-refractivity contribution in [2.45, 2.75) is 13.3 Å². The van der Waals surface area contributed by atoms with E-state index >= 15 is 0 Å². The minimum Gasteiger partial charge on any atom is -0.382 e. The van der Waals surface area contributed by atoms with Crippen LogP contribution in [0.4, 0.5) is 5.82 Å². The number of hydrogen-bond acceptors (Lipinski definition) is 3. The largest absolute Gasteiger partial charge is 0.382 e. The SMILES string of the molecule is CCc1ccc(-c2cc(N)n[nH]2)s1. The topological polar surface area (TPSA) is 54.7 Å². The quantitative estimate of drug-likeness (QED) is 0.768. The van der Waals surface area contributed by atoms with Crippen LogP contribution in [0.1, 0.15) is 11.8 Å². The van der Waals surface area contributed by atoms with E-state index in [2.05, 4.69) is 29.3 Å². The van der Waals surface area contributed by atoms with E-state index in [4.69, 9.17) is 5.73 Å². The van der Waals surface area contributed by atoms with Crippen LogP contribution in [0.25, 0.3) is 10.6 Å². The maximum absolute atomic E-state index is 5.52. The third-order valence-corrected chi connectivity index (χ3v) is 3.14. The monoisotopic (exact) mass is 193 g/mol. The fourth-order valence-electron chi connectivity index (χ4n) is 1.18. The summed E-state index contributed by atoms with van der Waals surface area (Å²) in [7, 11) is 0. The average molecular weight is 193 g/mol. The summed E-state index contributed by atoms with van der Waals surface area (Å²) in [4.78, 5) is 2.57. The van der Waals surface area contributed by atoms with Crippen molar-refractivity contribution in [3.63, 3.8) is 0 Å². The molecule has 2 rings (SSSR count). The van der Waals surface area contributed by atoms with Gasteiger partial charge in [0.05, 0.1) is 10.6 Å². The smallest absolute Gasteiger partial charge is 0.145 e. The van der Waals surface area contributed by atoms with Crippen LogP contribution >= 0.6 is 11.3 Å². The lowest BCUT2D eigenvalue weighted by Gasteiger charge is -1.87. The van der Waals surface area contributed by atoms with Crippen LogP contribution in [0, 0.1) is 0 Å². The Morgan fingerprint density at radius 1 is 1.54 bits per heavy atom. The minimum absolute atomic E-state index is 0.543. The van der Waals surface area contributed by atoms with Gasteiger partial charge in [-0.25, -0.2) is 0 Å². The van der Waals surface area contributed by atoms with Crippen molar-refractivity contribution < 1.29 is 0 Å². The fraction of sp³-hybridized carbons (Fsp3) is 0.222. The van der Waals surface area contributed by atoms with E-state index in [9.17, 15) is 0 Å². The number of nitrogen functional groups attached to an aromatic ring is 1. The number of aryl methyl sites for hydroxylation is 1. The van der Waals surface area contributed by atoms with Crippen LogP contribution in [0.2, 0.25) is 0 Å². The molecule has 0 amide bonds. The molecule has 3 N–H and O–H groups in total. The fourth-order valence-corrected chi connectivity index (χ4v) is 2.09. The van der Waals surface area contributed by atoms with Gasteiger partial charge in [0.25, 0.3) is 0 Å². The summed E-state index contributed by atoms with van der Waals surface area (Å²) >= 11 is 1.77. The Hall–Kier alpha value is -1.29. The zero-order valence-corrected chi connectivity index (χ0v) is 8.19. The zero-order chi connectivity index (χ0) is 9.26. The maximum Gasteiger partial charge on any atom is 0.145 e. The predicted molar refractivity (Wildman–Crippen MR) is 55.7 cm³/mol. The van der Waals surface area contributed by atoms with Crippen molar-refractivity contribution >= 4 is 17.2 Å². The van der Waals surface area contributed by atoms with Crippen molar-refractivity contribution in [3.05, 3.63) is 23.1 Å². The van der Waals surface area contributed by atoms with Crippen molar-refractivity contribution in [3.8, 4) is 10.6 Å². The molecule has 0 aromatic carbocycles. The molecule has 2 aromatic rings. The summed E-state index contributed by atoms with van der Waals surface area (Å²) < 4.78 is 0. The van der Waals surface area contributed by atoms with E-state index < -0.39 is 0 Å². The lowest BCUT2D eigenvalue weighted by atomic mass is 10.3. The molecule has 0 radical (unpaired) electrons. The third kappa shape index (κ3) is 1.58. The van der Waals surface area contributed by atoms with E-state index in [-0.39, 0.29) is 0 Å². The second kappa shape index (κ2) is 3.22. The summed E-state index contributed by atoms with van der Waals surface area (Å²) in [6, 6.07) is 6.08. The summed E-state index contributed by atoms with van der Waals surface area (Å²) in [5, 5.41) is 6.78. The Balaban J connectivity index is 2.35. The van der Waals surface area contributed by atoms with Crippen LogP contribution in [-0.2, 0) is 6.42 Å². The van der Waals surface area contributed by atoms with Crippen LogP contribution in [0.5, 0.6) is 0 Å². The molecule has 2 heterocycles. The molecule has 13 heavy (non-hydrogen) atoms. The highest BCUT2D eigenvalue weighted by Crippen LogP contribution is 2.27. The number of H-pyrrole nitrogens is 1. The number of nitrogens with zero attached hydrogens (tertiary/aromatic N) is 1. The van der Waals surface area contributed by atoms with Gasteiger partial charge in [-0.3, -0.25) is 5.10 Å². The number of aromatic amines is 1. The van der Waals surface area contributed by atoms with Crippen molar-refractivity contribution in [1.29, 1.82) is 0 Å². The van der Waals surface area contributed by atoms with Gasteiger partial charge in [0.15, 0.2) is 0 Å². The summed E-state index contributed by atoms with van der Waals surface area (Å²) in [6.45, 7) is 2.15. The molecule has 3 nitrogen and oxygen atoms in total. The van der Waals surface area contributed by atoms with E-state index in [0.717, 1.165) is 12.1 Å². The van der Waals surface area contributed by atoms with Crippen molar-refractivity contribution in [1.82, 2.24) is 10.2 Å². The number of anilines is 1. The molecule has 0 fully saturated rings. The molecule has 0 saturated heterocycles. The number of nitrogens with two attached hydrogens (primary N) is 1. The Morgan fingerprint density at radius 3 is 2.92 bits per heavy atom. The first-order valence-corrected chi connectivity index (χ1v) is 5.01. The number of nitrogens with one attached hydrogen (secondary N) is 1. The molecule has 4 heteroatoms. The van der Waals surface area contributed by atoms with Gasteiger partial charge >= 0.3 is 0 Å². The van der Waals surface area contributed by atoms with Crippen molar-refractivity contribution in [2.24, 2.45) is 0 Å². The molecule has 2 aromatic heterocycles. The Morgan fingerprint density at radius 2 is 2.38 bits per heavy atom. The van der Waals surface area contributed by atoms with Crippen LogP contribution in [-0.4, -0.2) is 10.2 Å². The molecule has 0 unspecified atom stereocenters. The molecule has 0 spiro atoms. The molecule has 0 saturated carbocycles. The average Bonchev–Trinajstić information content (AvgIpc) is 2.71. The maximum atomic E-state index is 5.52. The first-order chi connectivity index (χ1) is 6.29. The Kier molecular flexibility index (Phi) is 2.06. The first kappa shape index (κ1) is 8.31. The van der Waals surface area contributed by atoms with Gasteiger partial charge in [-0.15, -0.1) is 11.3 Å². The van der Waals surface area contributed by atoms with E-state index in [1.807, 2.05) is 6.07 Å². The highest BCUT2D eigenvalue weighted by atomic mass is 32.1. The summed E-state index contributed by atoms with van der Waals surface area (Å²) in [6.07, 6.45) is 1.08. The molecule has 0 aliphatic carbocycles. The molecular weight excluding hydrogens is 182 g/mol. The molecule has 0 aliphatic rings. The Labute approximate surface area is 80.6 Å². The number of aromatic nitrogens is 2. The number of hydrogen-bond donors (Lipinski definition) is 2. The van der Waals surface area contributed by atoms with E-state index in [1.54, 1.807) is 11.3 Å². The van der Waals surface area contributed by atoms with Crippen LogP contribution < -0.4 is 5.73 Å². The van der Waals surface area contributed by atoms with Crippen molar-refractivity contribution in [2.75, 3.05) is 5.73 Å². The molecular formula is C9H11N3S. The summed E-state index contributed by atoms with van der Waals surface area (Å²) in [5.74, 6) is 0.543. The molecule has 0 bridgehead atoms. The Bertz CT molecular complexity index is 402. The minimum atomic E-state index is 0.543. The van der Waals surface area contributed by atoms with Gasteiger partial charge in [0.2, 0.25) is 0 Å². The number of rotatable bonds is 2.